The summed E-state index contributed by atoms with van der Waals surface area (Å²) >= 11 is 0. The number of nitrogens with one attached hydrogen (secondary N) is 2. The molecule has 1 heterocycles. The molecular formula is C20H21N3O2. The largest absolute Gasteiger partial charge is 0.346 e. The Morgan fingerprint density at radius 2 is 1.96 bits per heavy atom. The average Bonchev–Trinajstić information content (AvgIpc) is 3.46. The summed E-state index contributed by atoms with van der Waals surface area (Å²) < 4.78 is 0. The molecule has 1 aliphatic carbocycles. The van der Waals surface area contributed by atoms with Gasteiger partial charge >= 0.3 is 0 Å². The van der Waals surface area contributed by atoms with Gasteiger partial charge in [0.2, 0.25) is 11.8 Å². The Balaban J connectivity index is 1.53. The lowest BCUT2D eigenvalue weighted by molar-refractivity contribution is -0.118. The summed E-state index contributed by atoms with van der Waals surface area (Å²) in [7, 11) is 0. The summed E-state index contributed by atoms with van der Waals surface area (Å²) in [5.41, 5.74) is 2.64. The van der Waals surface area contributed by atoms with E-state index in [2.05, 4.69) is 15.6 Å². The van der Waals surface area contributed by atoms with Crippen molar-refractivity contribution in [1.29, 1.82) is 0 Å². The first kappa shape index (κ1) is 16.9. The van der Waals surface area contributed by atoms with Crippen LogP contribution in [0.1, 0.15) is 36.9 Å². The minimum Gasteiger partial charge on any atom is -0.346 e. The van der Waals surface area contributed by atoms with Crippen LogP contribution in [0.15, 0.2) is 54.9 Å². The second-order valence-corrected chi connectivity index (χ2v) is 6.24. The first-order valence-corrected chi connectivity index (χ1v) is 8.41. The van der Waals surface area contributed by atoms with E-state index in [0.717, 1.165) is 29.7 Å². The van der Waals surface area contributed by atoms with E-state index < -0.39 is 0 Å². The number of rotatable bonds is 6. The molecule has 0 aliphatic heterocycles. The number of carbonyl (C=O) groups excluding carboxylic acids is 2. The topological polar surface area (TPSA) is 71.1 Å². The number of nitrogens with zero attached hydrogens (tertiary/aromatic N) is 1. The summed E-state index contributed by atoms with van der Waals surface area (Å²) in [6.07, 6.45) is 8.58. The van der Waals surface area contributed by atoms with Gasteiger partial charge in [-0.05, 0) is 55.2 Å². The molecule has 0 saturated heterocycles. The van der Waals surface area contributed by atoms with Gasteiger partial charge in [-0.15, -0.1) is 0 Å². The van der Waals surface area contributed by atoms with Gasteiger partial charge in [-0.3, -0.25) is 14.6 Å². The number of carbonyl (C=O) groups is 2. The summed E-state index contributed by atoms with van der Waals surface area (Å²) in [5, 5.41) is 5.83. The fourth-order valence-corrected chi connectivity index (χ4v) is 2.44. The van der Waals surface area contributed by atoms with Gasteiger partial charge in [0.1, 0.15) is 0 Å². The zero-order chi connectivity index (χ0) is 17.6. The molecule has 0 bridgehead atoms. The number of hydrogen-bond acceptors (Lipinski definition) is 3. The molecule has 1 aromatic heterocycles. The summed E-state index contributed by atoms with van der Waals surface area (Å²) in [5.74, 6) is 0.113. The van der Waals surface area contributed by atoms with E-state index in [-0.39, 0.29) is 23.8 Å². The lowest BCUT2D eigenvalue weighted by Gasteiger charge is -2.14. The van der Waals surface area contributed by atoms with Crippen LogP contribution in [-0.4, -0.2) is 16.8 Å². The lowest BCUT2D eigenvalue weighted by Crippen LogP contribution is -2.24. The standard InChI is InChI=1S/C20H21N3O2/c1-14(22-19(24)11-4-15-3-2-12-21-13-15)16-7-9-18(10-8-16)23-20(25)17-5-6-17/h2-4,7-14,17H,5-6H2,1H3,(H,22,24)(H,23,25). The van der Waals surface area contributed by atoms with Crippen LogP contribution in [0, 0.1) is 5.92 Å². The van der Waals surface area contributed by atoms with Gasteiger partial charge in [-0.25, -0.2) is 0 Å². The molecule has 0 radical (unpaired) electrons. The third-order valence-electron chi connectivity index (χ3n) is 4.10. The molecule has 2 amide bonds. The molecule has 128 valence electrons. The maximum Gasteiger partial charge on any atom is 0.244 e. The maximum absolute atomic E-state index is 12.0. The van der Waals surface area contributed by atoms with Crippen LogP contribution < -0.4 is 10.6 Å². The van der Waals surface area contributed by atoms with E-state index in [1.807, 2.05) is 43.3 Å². The summed E-state index contributed by atoms with van der Waals surface area (Å²) in [6.45, 7) is 1.92. The van der Waals surface area contributed by atoms with Gasteiger partial charge < -0.3 is 10.6 Å². The van der Waals surface area contributed by atoms with Gasteiger partial charge in [-0.1, -0.05) is 18.2 Å². The van der Waals surface area contributed by atoms with E-state index in [9.17, 15) is 9.59 Å². The molecule has 0 spiro atoms. The van der Waals surface area contributed by atoms with Crippen LogP contribution in [-0.2, 0) is 9.59 Å². The Hall–Kier alpha value is -2.95. The summed E-state index contributed by atoms with van der Waals surface area (Å²) in [6, 6.07) is 11.1. The molecular weight excluding hydrogens is 314 g/mol. The van der Waals surface area contributed by atoms with Crippen LogP contribution in [0.3, 0.4) is 0 Å². The van der Waals surface area contributed by atoms with Crippen molar-refractivity contribution in [3.63, 3.8) is 0 Å². The first-order valence-electron chi connectivity index (χ1n) is 8.41. The van der Waals surface area contributed by atoms with Crippen molar-refractivity contribution in [1.82, 2.24) is 10.3 Å². The lowest BCUT2D eigenvalue weighted by atomic mass is 10.1. The highest BCUT2D eigenvalue weighted by atomic mass is 16.2. The van der Waals surface area contributed by atoms with Crippen molar-refractivity contribution < 1.29 is 9.59 Å². The van der Waals surface area contributed by atoms with Gasteiger partial charge in [0.25, 0.3) is 0 Å². The van der Waals surface area contributed by atoms with E-state index in [4.69, 9.17) is 0 Å². The molecule has 1 saturated carbocycles. The Morgan fingerprint density at radius 1 is 1.20 bits per heavy atom. The molecule has 1 unspecified atom stereocenters. The SMILES string of the molecule is CC(NC(=O)C=Cc1cccnc1)c1ccc(NC(=O)C2CC2)cc1. The molecule has 1 atom stereocenters. The van der Waals surface area contributed by atoms with Crippen molar-refractivity contribution >= 4 is 23.6 Å². The van der Waals surface area contributed by atoms with Crippen LogP contribution in [0.2, 0.25) is 0 Å². The minimum absolute atomic E-state index is 0.0923. The molecule has 5 nitrogen and oxygen atoms in total. The predicted molar refractivity (Wildman–Crippen MR) is 97.6 cm³/mol. The van der Waals surface area contributed by atoms with E-state index >= 15 is 0 Å². The third-order valence-corrected chi connectivity index (χ3v) is 4.10. The van der Waals surface area contributed by atoms with Crippen molar-refractivity contribution in [3.05, 3.63) is 66.0 Å². The molecule has 1 fully saturated rings. The first-order chi connectivity index (χ1) is 12.1. The van der Waals surface area contributed by atoms with Crippen molar-refractivity contribution in [2.24, 2.45) is 5.92 Å². The Bertz CT molecular complexity index is 765. The van der Waals surface area contributed by atoms with E-state index in [1.54, 1.807) is 18.5 Å². The van der Waals surface area contributed by atoms with Crippen LogP contribution >= 0.6 is 0 Å². The average molecular weight is 335 g/mol. The van der Waals surface area contributed by atoms with Crippen molar-refractivity contribution in [2.75, 3.05) is 5.32 Å². The van der Waals surface area contributed by atoms with Crippen LogP contribution in [0.5, 0.6) is 0 Å². The summed E-state index contributed by atoms with van der Waals surface area (Å²) in [4.78, 5) is 27.8. The number of benzene rings is 1. The smallest absolute Gasteiger partial charge is 0.244 e. The number of amides is 2. The number of pyridine rings is 1. The number of hydrogen-bond donors (Lipinski definition) is 2. The maximum atomic E-state index is 12.0. The molecule has 5 heteroatoms. The molecule has 2 aromatic rings. The Kier molecular flexibility index (Phi) is 5.23. The zero-order valence-corrected chi connectivity index (χ0v) is 14.1. The predicted octanol–water partition coefficient (Wildman–Crippen LogP) is 3.32. The van der Waals surface area contributed by atoms with Gasteiger partial charge in [0, 0.05) is 30.1 Å². The fourth-order valence-electron chi connectivity index (χ4n) is 2.44. The van der Waals surface area contributed by atoms with Gasteiger partial charge in [-0.2, -0.15) is 0 Å². The van der Waals surface area contributed by atoms with E-state index in [0.29, 0.717) is 0 Å². The molecule has 3 rings (SSSR count). The minimum atomic E-state index is -0.164. The van der Waals surface area contributed by atoms with E-state index in [1.165, 1.54) is 6.08 Å². The highest BCUT2D eigenvalue weighted by Gasteiger charge is 2.29. The number of anilines is 1. The van der Waals surface area contributed by atoms with Gasteiger partial charge in [0.15, 0.2) is 0 Å². The van der Waals surface area contributed by atoms with Crippen LogP contribution in [0.4, 0.5) is 5.69 Å². The third kappa shape index (κ3) is 5.01. The van der Waals surface area contributed by atoms with Gasteiger partial charge in [0.05, 0.1) is 6.04 Å². The molecule has 25 heavy (non-hydrogen) atoms. The Morgan fingerprint density at radius 3 is 2.60 bits per heavy atom. The normalized spacial score (nSPS) is 14.9. The molecule has 1 aliphatic rings. The highest BCUT2D eigenvalue weighted by Crippen LogP contribution is 2.30. The molecule has 1 aromatic carbocycles. The van der Waals surface area contributed by atoms with Crippen LogP contribution in [0.25, 0.3) is 6.08 Å². The Labute approximate surface area is 147 Å². The number of aromatic nitrogens is 1. The fraction of sp³-hybridized carbons (Fsp3) is 0.250. The van der Waals surface area contributed by atoms with Crippen molar-refractivity contribution in [2.45, 2.75) is 25.8 Å². The molecule has 2 N–H and O–H groups in total. The second-order valence-electron chi connectivity index (χ2n) is 6.24. The highest BCUT2D eigenvalue weighted by molar-refractivity contribution is 5.94. The quantitative estimate of drug-likeness (QED) is 0.796. The zero-order valence-electron chi connectivity index (χ0n) is 14.1. The second kappa shape index (κ2) is 7.75. The monoisotopic (exact) mass is 335 g/mol. The van der Waals surface area contributed by atoms with Crippen molar-refractivity contribution in [3.8, 4) is 0 Å².